The van der Waals surface area contributed by atoms with E-state index in [2.05, 4.69) is 5.43 Å². The van der Waals surface area contributed by atoms with Gasteiger partial charge in [0.05, 0.1) is 0 Å². The zero-order valence-electron chi connectivity index (χ0n) is 8.77. The fourth-order valence-corrected chi connectivity index (χ4v) is 1.82. The molecule has 2 amide bonds. The van der Waals surface area contributed by atoms with Crippen molar-refractivity contribution in [2.45, 2.75) is 12.8 Å². The van der Waals surface area contributed by atoms with Gasteiger partial charge < -0.3 is 4.90 Å². The molecule has 1 aromatic rings. The average Bonchev–Trinajstić information content (AvgIpc) is 2.74. The van der Waals surface area contributed by atoms with E-state index < -0.39 is 0 Å². The van der Waals surface area contributed by atoms with Crippen molar-refractivity contribution < 1.29 is 9.59 Å². The number of hydrogen-bond donors (Lipinski definition) is 2. The van der Waals surface area contributed by atoms with Crippen LogP contribution in [0.2, 0.25) is 0 Å². The Labute approximate surface area is 93.2 Å². The Morgan fingerprint density at radius 3 is 2.88 bits per heavy atom. The maximum Gasteiger partial charge on any atom is 0.265 e. The van der Waals surface area contributed by atoms with Gasteiger partial charge >= 0.3 is 0 Å². The number of nitrogens with two attached hydrogens (primary N) is 1. The summed E-state index contributed by atoms with van der Waals surface area (Å²) in [5.74, 6) is 4.80. The lowest BCUT2D eigenvalue weighted by Gasteiger charge is -2.16. The summed E-state index contributed by atoms with van der Waals surface area (Å²) in [5.41, 5.74) is 3.28. The molecule has 5 heteroatoms. The first-order valence-corrected chi connectivity index (χ1v) is 5.14. The molecule has 1 aromatic carbocycles. The second-order valence-electron chi connectivity index (χ2n) is 3.67. The third-order valence-electron chi connectivity index (χ3n) is 2.62. The first kappa shape index (κ1) is 10.6. The zero-order valence-corrected chi connectivity index (χ0v) is 8.77. The molecular formula is C11H13N3O2. The molecule has 1 aliphatic rings. The van der Waals surface area contributed by atoms with Gasteiger partial charge in [0, 0.05) is 24.2 Å². The van der Waals surface area contributed by atoms with Crippen molar-refractivity contribution in [3.63, 3.8) is 0 Å². The molecule has 0 atom stereocenters. The SMILES string of the molecule is NNC(=O)c1cccc(N2CCCC2=O)c1. The van der Waals surface area contributed by atoms with Crippen molar-refractivity contribution in [1.29, 1.82) is 0 Å². The van der Waals surface area contributed by atoms with Crippen LogP contribution in [0.5, 0.6) is 0 Å². The maximum atomic E-state index is 11.5. The summed E-state index contributed by atoms with van der Waals surface area (Å²) in [7, 11) is 0. The third-order valence-corrected chi connectivity index (χ3v) is 2.62. The van der Waals surface area contributed by atoms with Crippen LogP contribution in [0.25, 0.3) is 0 Å². The molecule has 0 unspecified atom stereocenters. The van der Waals surface area contributed by atoms with Crippen molar-refractivity contribution in [3.8, 4) is 0 Å². The van der Waals surface area contributed by atoms with E-state index in [1.165, 1.54) is 0 Å². The smallest absolute Gasteiger partial charge is 0.265 e. The van der Waals surface area contributed by atoms with Gasteiger partial charge in [0.15, 0.2) is 0 Å². The second-order valence-corrected chi connectivity index (χ2v) is 3.67. The van der Waals surface area contributed by atoms with E-state index >= 15 is 0 Å². The lowest BCUT2D eigenvalue weighted by Crippen LogP contribution is -2.30. The van der Waals surface area contributed by atoms with Crippen LogP contribution >= 0.6 is 0 Å². The van der Waals surface area contributed by atoms with Crippen LogP contribution in [0.1, 0.15) is 23.2 Å². The monoisotopic (exact) mass is 219 g/mol. The highest BCUT2D eigenvalue weighted by Gasteiger charge is 2.22. The highest BCUT2D eigenvalue weighted by molar-refractivity contribution is 5.98. The molecule has 1 aliphatic heterocycles. The van der Waals surface area contributed by atoms with Gasteiger partial charge in [-0.2, -0.15) is 0 Å². The van der Waals surface area contributed by atoms with Gasteiger partial charge in [-0.05, 0) is 24.6 Å². The number of nitrogens with one attached hydrogen (secondary N) is 1. The molecule has 5 nitrogen and oxygen atoms in total. The zero-order chi connectivity index (χ0) is 11.5. The molecule has 2 rings (SSSR count). The molecule has 0 aliphatic carbocycles. The number of hydrogen-bond acceptors (Lipinski definition) is 3. The van der Waals surface area contributed by atoms with E-state index in [1.54, 1.807) is 23.1 Å². The van der Waals surface area contributed by atoms with E-state index in [9.17, 15) is 9.59 Å². The Balaban J connectivity index is 2.28. The van der Waals surface area contributed by atoms with Crippen molar-refractivity contribution in [3.05, 3.63) is 29.8 Å². The molecular weight excluding hydrogens is 206 g/mol. The number of carbonyl (C=O) groups excluding carboxylic acids is 2. The second kappa shape index (κ2) is 4.32. The first-order valence-electron chi connectivity index (χ1n) is 5.14. The lowest BCUT2D eigenvalue weighted by atomic mass is 10.2. The van der Waals surface area contributed by atoms with Crippen molar-refractivity contribution in [2.24, 2.45) is 5.84 Å². The van der Waals surface area contributed by atoms with Crippen LogP contribution in [-0.4, -0.2) is 18.4 Å². The topological polar surface area (TPSA) is 75.4 Å². The molecule has 0 bridgehead atoms. The average molecular weight is 219 g/mol. The summed E-state index contributed by atoms with van der Waals surface area (Å²) in [4.78, 5) is 24.5. The number of nitrogen functional groups attached to an aromatic ring is 1. The Kier molecular flexibility index (Phi) is 2.87. The fourth-order valence-electron chi connectivity index (χ4n) is 1.82. The fraction of sp³-hybridized carbons (Fsp3) is 0.273. The predicted molar refractivity (Wildman–Crippen MR) is 59.7 cm³/mol. The highest BCUT2D eigenvalue weighted by atomic mass is 16.2. The van der Waals surface area contributed by atoms with Gasteiger partial charge in [-0.15, -0.1) is 0 Å². The van der Waals surface area contributed by atoms with Crippen molar-refractivity contribution in [1.82, 2.24) is 5.43 Å². The Morgan fingerprint density at radius 1 is 1.44 bits per heavy atom. The molecule has 0 spiro atoms. The summed E-state index contributed by atoms with van der Waals surface area (Å²) >= 11 is 0. The summed E-state index contributed by atoms with van der Waals surface area (Å²) in [6.07, 6.45) is 1.44. The summed E-state index contributed by atoms with van der Waals surface area (Å²) in [6.45, 7) is 0.715. The number of hydrazine groups is 1. The Hall–Kier alpha value is -1.88. The van der Waals surface area contributed by atoms with Gasteiger partial charge in [-0.3, -0.25) is 15.0 Å². The summed E-state index contributed by atoms with van der Waals surface area (Å²) < 4.78 is 0. The number of carbonyl (C=O) groups is 2. The summed E-state index contributed by atoms with van der Waals surface area (Å²) in [6, 6.07) is 6.89. The van der Waals surface area contributed by atoms with E-state index in [0.717, 1.165) is 12.1 Å². The molecule has 3 N–H and O–H groups in total. The largest absolute Gasteiger partial charge is 0.312 e. The maximum absolute atomic E-state index is 11.5. The number of rotatable bonds is 2. The Bertz CT molecular complexity index is 431. The van der Waals surface area contributed by atoms with Gasteiger partial charge in [0.25, 0.3) is 5.91 Å². The van der Waals surface area contributed by atoms with Crippen molar-refractivity contribution in [2.75, 3.05) is 11.4 Å². The van der Waals surface area contributed by atoms with Crippen LogP contribution in [0.15, 0.2) is 24.3 Å². The normalized spacial score (nSPS) is 15.3. The van der Waals surface area contributed by atoms with E-state index in [1.807, 2.05) is 6.07 Å². The predicted octanol–water partition coefficient (Wildman–Crippen LogP) is 0.417. The number of nitrogens with zero attached hydrogens (tertiary/aromatic N) is 1. The first-order chi connectivity index (χ1) is 7.72. The third kappa shape index (κ3) is 1.90. The molecule has 0 saturated carbocycles. The van der Waals surface area contributed by atoms with Gasteiger partial charge in [-0.1, -0.05) is 6.07 Å². The molecule has 84 valence electrons. The molecule has 16 heavy (non-hydrogen) atoms. The quantitative estimate of drug-likeness (QED) is 0.430. The molecule has 0 radical (unpaired) electrons. The minimum atomic E-state index is -0.353. The van der Waals surface area contributed by atoms with E-state index in [0.29, 0.717) is 18.5 Å². The van der Waals surface area contributed by atoms with Crippen molar-refractivity contribution >= 4 is 17.5 Å². The van der Waals surface area contributed by atoms with Crippen LogP contribution in [0, 0.1) is 0 Å². The van der Waals surface area contributed by atoms with Crippen LogP contribution < -0.4 is 16.2 Å². The van der Waals surface area contributed by atoms with Crippen LogP contribution in [0.4, 0.5) is 5.69 Å². The number of anilines is 1. The van der Waals surface area contributed by atoms with E-state index in [-0.39, 0.29) is 11.8 Å². The van der Waals surface area contributed by atoms with E-state index in [4.69, 9.17) is 5.84 Å². The highest BCUT2D eigenvalue weighted by Crippen LogP contribution is 2.22. The molecule has 1 heterocycles. The van der Waals surface area contributed by atoms with Crippen LogP contribution in [0.3, 0.4) is 0 Å². The molecule has 1 fully saturated rings. The summed E-state index contributed by atoms with van der Waals surface area (Å²) in [5, 5.41) is 0. The number of benzene rings is 1. The molecule has 0 aromatic heterocycles. The Morgan fingerprint density at radius 2 is 2.25 bits per heavy atom. The lowest BCUT2D eigenvalue weighted by molar-refractivity contribution is -0.117. The van der Waals surface area contributed by atoms with Gasteiger partial charge in [0.2, 0.25) is 5.91 Å². The number of amides is 2. The van der Waals surface area contributed by atoms with Gasteiger partial charge in [0.1, 0.15) is 0 Å². The molecule has 1 saturated heterocycles. The minimum absolute atomic E-state index is 0.102. The standard InChI is InChI=1S/C11H13N3O2/c12-13-11(16)8-3-1-4-9(7-8)14-6-2-5-10(14)15/h1,3-4,7H,2,5-6,12H2,(H,13,16). The van der Waals surface area contributed by atoms with Gasteiger partial charge in [-0.25, -0.2) is 5.84 Å². The minimum Gasteiger partial charge on any atom is -0.312 e. The van der Waals surface area contributed by atoms with Crippen LogP contribution in [-0.2, 0) is 4.79 Å².